The summed E-state index contributed by atoms with van der Waals surface area (Å²) in [4.78, 5) is 16.9. The Morgan fingerprint density at radius 1 is 0.882 bits per heavy atom. The average molecular weight is 463 g/mol. The van der Waals surface area contributed by atoms with Crippen molar-refractivity contribution < 1.29 is 25.2 Å². The van der Waals surface area contributed by atoms with Crippen molar-refractivity contribution in [3.63, 3.8) is 0 Å². The number of nitrogens with zero attached hydrogens (tertiary/aromatic N) is 5. The molecule has 0 saturated carbocycles. The molecule has 6 N–H and O–H groups in total. The Bertz CT molecular complexity index is 1290. The van der Waals surface area contributed by atoms with Crippen molar-refractivity contribution in [2.75, 3.05) is 24.0 Å². The van der Waals surface area contributed by atoms with Gasteiger partial charge in [-0.3, -0.25) is 5.43 Å². The number of nitrogens with one attached hydrogen (secondary N) is 2. The molecule has 2 aromatic carbocycles. The van der Waals surface area contributed by atoms with Crippen LogP contribution >= 0.6 is 0 Å². The number of rotatable bonds is 9. The first-order valence-electron chi connectivity index (χ1n) is 10.2. The normalized spacial score (nSPS) is 11.1. The van der Waals surface area contributed by atoms with E-state index in [1.54, 1.807) is 12.1 Å². The third-order valence-corrected chi connectivity index (χ3v) is 4.58. The van der Waals surface area contributed by atoms with E-state index in [-0.39, 0.29) is 6.61 Å². The smallest absolute Gasteiger partial charge is 0.200 e. The number of phenolic OH excluding ortho intramolecular Hbond substituents is 3. The van der Waals surface area contributed by atoms with Crippen molar-refractivity contribution in [2.24, 2.45) is 5.10 Å². The zero-order valence-electron chi connectivity index (χ0n) is 17.8. The summed E-state index contributed by atoms with van der Waals surface area (Å²) in [7, 11) is 0. The topological polar surface area (TPSA) is 178 Å². The first-order chi connectivity index (χ1) is 16.5. The van der Waals surface area contributed by atoms with Gasteiger partial charge in [0.2, 0.25) is 0 Å². The van der Waals surface area contributed by atoms with Crippen LogP contribution < -0.4 is 15.5 Å². The van der Waals surface area contributed by atoms with Gasteiger partial charge in [-0.25, -0.2) is 19.9 Å². The Morgan fingerprint density at radius 3 is 2.21 bits per heavy atom. The van der Waals surface area contributed by atoms with Crippen molar-refractivity contribution in [3.8, 4) is 23.0 Å². The lowest BCUT2D eigenvalue weighted by atomic mass is 10.2. The molecule has 4 rings (SSSR count). The molecule has 0 atom stereocenters. The van der Waals surface area contributed by atoms with Crippen LogP contribution in [-0.2, 0) is 0 Å². The Kier molecular flexibility index (Phi) is 6.79. The van der Waals surface area contributed by atoms with Gasteiger partial charge in [0.05, 0.1) is 12.8 Å². The number of ether oxygens (including phenoxy) is 1. The van der Waals surface area contributed by atoms with Gasteiger partial charge in [0, 0.05) is 24.3 Å². The molecule has 2 heterocycles. The predicted molar refractivity (Wildman–Crippen MR) is 125 cm³/mol. The number of benzene rings is 2. The maximum Gasteiger partial charge on any atom is 0.200 e. The van der Waals surface area contributed by atoms with Crippen molar-refractivity contribution >= 4 is 34.6 Å². The summed E-state index contributed by atoms with van der Waals surface area (Å²) in [6.45, 7) is 0.512. The van der Waals surface area contributed by atoms with Crippen LogP contribution in [0.2, 0.25) is 0 Å². The number of aromatic nitrogens is 4. The molecule has 0 radical (unpaired) electrons. The first kappa shape index (κ1) is 22.5. The summed E-state index contributed by atoms with van der Waals surface area (Å²) in [5, 5.41) is 44.7. The highest BCUT2D eigenvalue weighted by Gasteiger charge is 2.11. The second kappa shape index (κ2) is 10.3. The van der Waals surface area contributed by atoms with E-state index in [9.17, 15) is 15.3 Å². The molecule has 0 spiro atoms. The predicted octanol–water partition coefficient (Wildman–Crippen LogP) is 2.49. The lowest BCUT2D eigenvalue weighted by Crippen LogP contribution is -2.02. The van der Waals surface area contributed by atoms with Gasteiger partial charge in [-0.15, -0.1) is 0 Å². The number of aliphatic hydroxyl groups excluding tert-OH is 1. The lowest BCUT2D eigenvalue weighted by Gasteiger charge is -2.10. The molecule has 2 aromatic heterocycles. The molecule has 0 bridgehead atoms. The van der Waals surface area contributed by atoms with Gasteiger partial charge < -0.3 is 30.5 Å². The van der Waals surface area contributed by atoms with Crippen molar-refractivity contribution in [2.45, 2.75) is 6.42 Å². The molecule has 0 amide bonds. The van der Waals surface area contributed by atoms with E-state index in [4.69, 9.17) is 9.84 Å². The fourth-order valence-electron chi connectivity index (χ4n) is 2.95. The summed E-state index contributed by atoms with van der Waals surface area (Å²) in [6.07, 6.45) is 4.60. The highest BCUT2D eigenvalue weighted by molar-refractivity contribution is 5.93. The van der Waals surface area contributed by atoms with Gasteiger partial charge in [0.1, 0.15) is 29.4 Å². The van der Waals surface area contributed by atoms with Crippen LogP contribution in [0.1, 0.15) is 12.0 Å². The Labute approximate surface area is 193 Å². The molecule has 0 aliphatic carbocycles. The number of hydrogen-bond donors (Lipinski definition) is 6. The highest BCUT2D eigenvalue weighted by atomic mass is 16.5. The van der Waals surface area contributed by atoms with Crippen LogP contribution in [0.4, 0.5) is 17.3 Å². The number of aromatic hydroxyl groups is 3. The SMILES string of the molecule is OCCCOc1ccc(Nc2ncnc3c(N/N=C/c4cc(O)c(O)c(O)c4)ncnc23)cc1. The maximum atomic E-state index is 9.60. The van der Waals surface area contributed by atoms with Crippen LogP contribution in [0.25, 0.3) is 11.0 Å². The van der Waals surface area contributed by atoms with Gasteiger partial charge in [-0.1, -0.05) is 0 Å². The number of hydrazone groups is 1. The Hall–Kier alpha value is -4.71. The van der Waals surface area contributed by atoms with Crippen LogP contribution in [0.5, 0.6) is 23.0 Å². The van der Waals surface area contributed by atoms with Crippen LogP contribution in [-0.4, -0.2) is 59.8 Å². The minimum absolute atomic E-state index is 0.0778. The van der Waals surface area contributed by atoms with E-state index in [1.165, 1.54) is 31.0 Å². The van der Waals surface area contributed by atoms with E-state index in [0.29, 0.717) is 47.0 Å². The standard InChI is InChI=1S/C22H21N7O5/c30-6-1-7-34-15-4-2-14(3-5-15)28-21-18-19(24-11-25-21)22(26-12-23-18)29-27-10-13-8-16(31)20(33)17(32)9-13/h2-5,8-12,30-33H,1,6-7H2,(H,23,26,29)(H,24,25,28)/b27-10+. The zero-order valence-corrected chi connectivity index (χ0v) is 17.8. The van der Waals surface area contributed by atoms with Crippen molar-refractivity contribution in [1.82, 2.24) is 19.9 Å². The number of aliphatic hydroxyl groups is 1. The lowest BCUT2D eigenvalue weighted by molar-refractivity contribution is 0.233. The molecule has 0 aliphatic rings. The van der Waals surface area contributed by atoms with Crippen LogP contribution in [0.15, 0.2) is 54.2 Å². The molecule has 12 heteroatoms. The molecular formula is C22H21N7O5. The molecule has 0 aliphatic heterocycles. The van der Waals surface area contributed by atoms with Gasteiger partial charge in [-0.2, -0.15) is 5.10 Å². The van der Waals surface area contributed by atoms with Crippen LogP contribution in [0, 0.1) is 0 Å². The second-order valence-electron chi connectivity index (χ2n) is 6.99. The first-order valence-corrected chi connectivity index (χ1v) is 10.2. The van der Waals surface area contributed by atoms with Crippen molar-refractivity contribution in [1.29, 1.82) is 0 Å². The Morgan fingerprint density at radius 2 is 1.53 bits per heavy atom. The number of anilines is 3. The van der Waals surface area contributed by atoms with Gasteiger partial charge in [0.15, 0.2) is 28.9 Å². The fourth-order valence-corrected chi connectivity index (χ4v) is 2.95. The Balaban J connectivity index is 1.51. The summed E-state index contributed by atoms with van der Waals surface area (Å²) < 4.78 is 5.53. The highest BCUT2D eigenvalue weighted by Crippen LogP contribution is 2.34. The molecule has 12 nitrogen and oxygen atoms in total. The summed E-state index contributed by atoms with van der Waals surface area (Å²) in [6, 6.07) is 9.75. The second-order valence-corrected chi connectivity index (χ2v) is 6.99. The number of fused-ring (bicyclic) bond motifs is 1. The average Bonchev–Trinajstić information content (AvgIpc) is 2.84. The van der Waals surface area contributed by atoms with Gasteiger partial charge in [0.25, 0.3) is 0 Å². The van der Waals surface area contributed by atoms with E-state index in [1.807, 2.05) is 12.1 Å². The largest absolute Gasteiger partial charge is 0.504 e. The van der Waals surface area contributed by atoms with Crippen molar-refractivity contribution in [3.05, 3.63) is 54.6 Å². The van der Waals surface area contributed by atoms with Gasteiger partial charge >= 0.3 is 0 Å². The summed E-state index contributed by atoms with van der Waals surface area (Å²) >= 11 is 0. The minimum Gasteiger partial charge on any atom is -0.504 e. The van der Waals surface area contributed by atoms with E-state index in [2.05, 4.69) is 35.8 Å². The molecule has 34 heavy (non-hydrogen) atoms. The summed E-state index contributed by atoms with van der Waals surface area (Å²) in [5.41, 5.74) is 4.73. The zero-order chi connectivity index (χ0) is 23.9. The van der Waals surface area contributed by atoms with E-state index in [0.717, 1.165) is 5.69 Å². The fraction of sp³-hybridized carbons (Fsp3) is 0.136. The number of phenols is 3. The van der Waals surface area contributed by atoms with Gasteiger partial charge in [-0.05, 0) is 36.4 Å². The van der Waals surface area contributed by atoms with E-state index < -0.39 is 17.2 Å². The quantitative estimate of drug-likeness (QED) is 0.0929. The molecule has 0 unspecified atom stereocenters. The van der Waals surface area contributed by atoms with E-state index >= 15 is 0 Å². The third kappa shape index (κ3) is 5.19. The van der Waals surface area contributed by atoms with Crippen LogP contribution in [0.3, 0.4) is 0 Å². The molecule has 0 saturated heterocycles. The molecule has 174 valence electrons. The molecule has 4 aromatic rings. The minimum atomic E-state index is -0.604. The third-order valence-electron chi connectivity index (χ3n) is 4.58. The number of hydrogen-bond acceptors (Lipinski definition) is 12. The molecular weight excluding hydrogens is 442 g/mol. The monoisotopic (exact) mass is 463 g/mol. The summed E-state index contributed by atoms with van der Waals surface area (Å²) in [5.74, 6) is -0.0846. The molecule has 0 fully saturated rings. The maximum absolute atomic E-state index is 9.60.